The third-order valence-corrected chi connectivity index (χ3v) is 6.76. The monoisotopic (exact) mass is 313 g/mol. The Balaban J connectivity index is 1.55. The second kappa shape index (κ2) is 5.07. The minimum atomic E-state index is 0.694. The quantitative estimate of drug-likeness (QED) is 0.903. The maximum Gasteiger partial charge on any atom is 0.227 e. The molecule has 5 rings (SSSR count). The predicted molar refractivity (Wildman–Crippen MR) is 92.1 cm³/mol. The SMILES string of the molecule is Cc1nc(N2CCCC2)nc(N2[C@@H]3CC[C@H]2[C@H]2CNC[C@H]23)c1C. The van der Waals surface area contributed by atoms with Crippen LogP contribution in [0.4, 0.5) is 11.8 Å². The van der Waals surface area contributed by atoms with Crippen LogP contribution < -0.4 is 15.1 Å². The lowest BCUT2D eigenvalue weighted by molar-refractivity contribution is 0.354. The molecule has 23 heavy (non-hydrogen) atoms. The van der Waals surface area contributed by atoms with Gasteiger partial charge in [-0.2, -0.15) is 4.98 Å². The lowest BCUT2D eigenvalue weighted by Gasteiger charge is -2.29. The van der Waals surface area contributed by atoms with Crippen LogP contribution in [0.3, 0.4) is 0 Å². The van der Waals surface area contributed by atoms with Crippen molar-refractivity contribution in [1.82, 2.24) is 15.3 Å². The lowest BCUT2D eigenvalue weighted by atomic mass is 9.82. The number of anilines is 2. The molecule has 0 unspecified atom stereocenters. The van der Waals surface area contributed by atoms with Gasteiger partial charge in [-0.3, -0.25) is 0 Å². The highest BCUT2D eigenvalue weighted by Crippen LogP contribution is 2.49. The van der Waals surface area contributed by atoms with Crippen molar-refractivity contribution < 1.29 is 0 Å². The van der Waals surface area contributed by atoms with Crippen molar-refractivity contribution in [2.45, 2.75) is 51.6 Å². The molecule has 124 valence electrons. The van der Waals surface area contributed by atoms with E-state index in [1.807, 2.05) is 0 Å². The summed E-state index contributed by atoms with van der Waals surface area (Å²) in [5.41, 5.74) is 2.45. The zero-order valence-electron chi connectivity index (χ0n) is 14.3. The van der Waals surface area contributed by atoms with E-state index in [2.05, 4.69) is 29.0 Å². The molecule has 0 saturated carbocycles. The second-order valence-corrected chi connectivity index (χ2v) is 7.86. The molecule has 1 aromatic heterocycles. The fourth-order valence-corrected chi connectivity index (χ4v) is 5.49. The summed E-state index contributed by atoms with van der Waals surface area (Å²) in [5, 5.41) is 3.61. The Kier molecular flexibility index (Phi) is 3.09. The Bertz CT molecular complexity index is 606. The molecule has 0 spiro atoms. The van der Waals surface area contributed by atoms with E-state index in [1.54, 1.807) is 0 Å². The van der Waals surface area contributed by atoms with E-state index in [4.69, 9.17) is 9.97 Å². The normalized spacial score (nSPS) is 35.4. The van der Waals surface area contributed by atoms with Gasteiger partial charge in [-0.15, -0.1) is 0 Å². The van der Waals surface area contributed by atoms with Crippen LogP contribution in [0, 0.1) is 25.7 Å². The van der Waals surface area contributed by atoms with Crippen molar-refractivity contribution in [1.29, 1.82) is 0 Å². The molecule has 5 heterocycles. The second-order valence-electron chi connectivity index (χ2n) is 7.86. The largest absolute Gasteiger partial charge is 0.350 e. The van der Waals surface area contributed by atoms with Crippen LogP contribution in [-0.2, 0) is 0 Å². The van der Waals surface area contributed by atoms with E-state index < -0.39 is 0 Å². The molecule has 0 radical (unpaired) electrons. The van der Waals surface area contributed by atoms with Crippen LogP contribution >= 0.6 is 0 Å². The summed E-state index contributed by atoms with van der Waals surface area (Å²) >= 11 is 0. The van der Waals surface area contributed by atoms with Crippen molar-refractivity contribution in [3.63, 3.8) is 0 Å². The van der Waals surface area contributed by atoms with Crippen LogP contribution in [0.1, 0.15) is 36.9 Å². The summed E-state index contributed by atoms with van der Waals surface area (Å²) in [4.78, 5) is 15.0. The predicted octanol–water partition coefficient (Wildman–Crippen LogP) is 1.88. The van der Waals surface area contributed by atoms with Crippen LogP contribution in [0.25, 0.3) is 0 Å². The van der Waals surface area contributed by atoms with Crippen molar-refractivity contribution in [3.05, 3.63) is 11.3 Å². The smallest absolute Gasteiger partial charge is 0.227 e. The van der Waals surface area contributed by atoms with Gasteiger partial charge in [0.1, 0.15) is 5.82 Å². The van der Waals surface area contributed by atoms with Gasteiger partial charge in [0.05, 0.1) is 0 Å². The number of hydrogen-bond donors (Lipinski definition) is 1. The Morgan fingerprint density at radius 1 is 0.957 bits per heavy atom. The molecule has 4 saturated heterocycles. The van der Waals surface area contributed by atoms with Crippen LogP contribution in [-0.4, -0.2) is 48.2 Å². The van der Waals surface area contributed by atoms with Crippen LogP contribution in [0.2, 0.25) is 0 Å². The molecular weight excluding hydrogens is 286 g/mol. The molecule has 4 aliphatic rings. The molecule has 1 aromatic rings. The van der Waals surface area contributed by atoms with Crippen molar-refractivity contribution in [2.75, 3.05) is 36.0 Å². The molecule has 5 heteroatoms. The number of aryl methyl sites for hydroxylation is 1. The summed E-state index contributed by atoms with van der Waals surface area (Å²) in [7, 11) is 0. The molecule has 0 aromatic carbocycles. The van der Waals surface area contributed by atoms with Gasteiger partial charge in [0, 0.05) is 49.5 Å². The van der Waals surface area contributed by atoms with Gasteiger partial charge in [-0.1, -0.05) is 0 Å². The third kappa shape index (κ3) is 1.95. The van der Waals surface area contributed by atoms with E-state index in [-0.39, 0.29) is 0 Å². The maximum atomic E-state index is 5.09. The van der Waals surface area contributed by atoms with Gasteiger partial charge in [0.15, 0.2) is 0 Å². The topological polar surface area (TPSA) is 44.3 Å². The standard InChI is InChI=1S/C18H27N5/c1-11-12(2)20-18(22-7-3-4-8-22)21-17(11)23-15-5-6-16(23)14-10-19-9-13(14)15/h13-16,19H,3-10H2,1-2H3/t13-,14+,15-,16+. The summed E-state index contributed by atoms with van der Waals surface area (Å²) in [6, 6.07) is 1.39. The van der Waals surface area contributed by atoms with E-state index in [0.717, 1.165) is 36.6 Å². The number of rotatable bonds is 2. The van der Waals surface area contributed by atoms with E-state index in [1.165, 1.54) is 50.2 Å². The van der Waals surface area contributed by atoms with Crippen LogP contribution in [0.5, 0.6) is 0 Å². The minimum absolute atomic E-state index is 0.694. The highest BCUT2D eigenvalue weighted by molar-refractivity contribution is 5.56. The Hall–Kier alpha value is -1.36. The first-order valence-corrected chi connectivity index (χ1v) is 9.33. The average Bonchev–Trinajstić information content (AvgIpc) is 3.32. The lowest BCUT2D eigenvalue weighted by Crippen LogP contribution is -2.36. The first-order chi connectivity index (χ1) is 11.2. The molecule has 0 aliphatic carbocycles. The van der Waals surface area contributed by atoms with E-state index in [0.29, 0.717) is 12.1 Å². The number of aromatic nitrogens is 2. The molecule has 0 amide bonds. The Morgan fingerprint density at radius 3 is 2.26 bits per heavy atom. The average molecular weight is 313 g/mol. The molecule has 5 nitrogen and oxygen atoms in total. The van der Waals surface area contributed by atoms with Crippen LogP contribution in [0.15, 0.2) is 0 Å². The fourth-order valence-electron chi connectivity index (χ4n) is 5.49. The fraction of sp³-hybridized carbons (Fsp3) is 0.778. The summed E-state index contributed by atoms with van der Waals surface area (Å²) in [5.74, 6) is 3.87. The van der Waals surface area contributed by atoms with Gasteiger partial charge in [0.25, 0.3) is 0 Å². The molecule has 4 aliphatic heterocycles. The summed E-state index contributed by atoms with van der Waals surface area (Å²) in [6.45, 7) is 8.99. The zero-order chi connectivity index (χ0) is 15.6. The first-order valence-electron chi connectivity index (χ1n) is 9.33. The summed E-state index contributed by atoms with van der Waals surface area (Å²) in [6.07, 6.45) is 5.23. The number of nitrogens with one attached hydrogen (secondary N) is 1. The molecule has 1 N–H and O–H groups in total. The third-order valence-electron chi connectivity index (χ3n) is 6.76. The Morgan fingerprint density at radius 2 is 1.61 bits per heavy atom. The van der Waals surface area contributed by atoms with Crippen molar-refractivity contribution in [2.24, 2.45) is 11.8 Å². The molecule has 4 atom stereocenters. The van der Waals surface area contributed by atoms with Gasteiger partial charge in [-0.25, -0.2) is 4.98 Å². The molecule has 2 bridgehead atoms. The maximum absolute atomic E-state index is 5.09. The molecule has 4 fully saturated rings. The van der Waals surface area contributed by atoms with Crippen molar-refractivity contribution in [3.8, 4) is 0 Å². The number of fused-ring (bicyclic) bond motifs is 5. The van der Waals surface area contributed by atoms with E-state index in [9.17, 15) is 0 Å². The van der Waals surface area contributed by atoms with Gasteiger partial charge < -0.3 is 15.1 Å². The Labute approximate surface area is 138 Å². The number of hydrogen-bond acceptors (Lipinski definition) is 5. The number of nitrogens with zero attached hydrogens (tertiary/aromatic N) is 4. The first kappa shape index (κ1) is 14.0. The van der Waals surface area contributed by atoms with E-state index >= 15 is 0 Å². The van der Waals surface area contributed by atoms with Gasteiger partial charge in [-0.05, 0) is 51.4 Å². The minimum Gasteiger partial charge on any atom is -0.350 e. The highest BCUT2D eigenvalue weighted by Gasteiger charge is 2.55. The van der Waals surface area contributed by atoms with Crippen molar-refractivity contribution >= 4 is 11.8 Å². The van der Waals surface area contributed by atoms with Gasteiger partial charge >= 0.3 is 0 Å². The van der Waals surface area contributed by atoms with Gasteiger partial charge in [0.2, 0.25) is 5.95 Å². The summed E-state index contributed by atoms with van der Waals surface area (Å²) < 4.78 is 0. The molecular formula is C18H27N5. The zero-order valence-corrected chi connectivity index (χ0v) is 14.3. The highest BCUT2D eigenvalue weighted by atomic mass is 15.3.